The zero-order valence-electron chi connectivity index (χ0n) is 24.3. The Morgan fingerprint density at radius 3 is 2.37 bits per heavy atom. The molecule has 0 aromatic heterocycles. The molecule has 1 heterocycles. The molecular weight excluding hydrogens is 610 g/mol. The smallest absolute Gasteiger partial charge is 0.306 e. The van der Waals surface area contributed by atoms with Crippen molar-refractivity contribution in [3.8, 4) is 0 Å². The molecule has 1 saturated carbocycles. The number of ether oxygens (including phenoxy) is 1. The predicted octanol–water partition coefficient (Wildman–Crippen LogP) is 8.49. The van der Waals surface area contributed by atoms with E-state index < -0.39 is 42.1 Å². The first kappa shape index (κ1) is 31.6. The highest BCUT2D eigenvalue weighted by atomic mass is 35.5. The van der Waals surface area contributed by atoms with E-state index in [9.17, 15) is 14.7 Å². The number of carbonyl (C=O) groups excluding carboxylic acids is 1. The molecule has 228 valence electrons. The van der Waals surface area contributed by atoms with Crippen LogP contribution in [0.1, 0.15) is 69.7 Å². The number of hydrogen-bond donors (Lipinski definition) is 1. The lowest BCUT2D eigenvalue weighted by molar-refractivity contribution is -0.206. The number of nitrogens with zero attached hydrogens (tertiary/aromatic N) is 2. The number of carboxylic acids is 1. The molecule has 10 heteroatoms. The van der Waals surface area contributed by atoms with Crippen molar-refractivity contribution in [2.75, 3.05) is 10.8 Å². The van der Waals surface area contributed by atoms with Crippen LogP contribution in [0.3, 0.4) is 0 Å². The van der Waals surface area contributed by atoms with Gasteiger partial charge in [-0.1, -0.05) is 66.5 Å². The summed E-state index contributed by atoms with van der Waals surface area (Å²) in [5.41, 5.74) is 0.274. The van der Waals surface area contributed by atoms with E-state index in [-0.39, 0.29) is 10.6 Å². The Morgan fingerprint density at radius 1 is 1.07 bits per heavy atom. The maximum Gasteiger partial charge on any atom is 0.306 e. The Kier molecular flexibility index (Phi) is 9.33. The molecule has 3 aromatic rings. The van der Waals surface area contributed by atoms with Crippen molar-refractivity contribution in [3.05, 3.63) is 99.8 Å². The number of morpholine rings is 1. The van der Waals surface area contributed by atoms with Crippen LogP contribution in [0.15, 0.2) is 72.8 Å². The van der Waals surface area contributed by atoms with E-state index in [4.69, 9.17) is 27.9 Å². The van der Waals surface area contributed by atoms with Gasteiger partial charge in [0.2, 0.25) is 0 Å². The van der Waals surface area contributed by atoms with Crippen LogP contribution in [0, 0.1) is 5.82 Å². The normalized spacial score (nSPS) is 23.6. The molecule has 0 unspecified atom stereocenters. The maximum atomic E-state index is 15.2. The van der Waals surface area contributed by atoms with E-state index in [1.54, 1.807) is 65.4 Å². The number of rotatable bonds is 11. The van der Waals surface area contributed by atoms with Crippen molar-refractivity contribution in [2.45, 2.75) is 75.0 Å². The van der Waals surface area contributed by atoms with Gasteiger partial charge in [0.1, 0.15) is 11.9 Å². The quantitative estimate of drug-likeness (QED) is 0.211. The van der Waals surface area contributed by atoms with Crippen molar-refractivity contribution in [2.24, 2.45) is 0 Å². The molecule has 0 spiro atoms. The second-order valence-electron chi connectivity index (χ2n) is 11.7. The molecule has 6 nitrogen and oxygen atoms in total. The van der Waals surface area contributed by atoms with Gasteiger partial charge in [0.15, 0.2) is 5.60 Å². The number of halogens is 3. The summed E-state index contributed by atoms with van der Waals surface area (Å²) in [6.45, 7) is 5.99. The highest BCUT2D eigenvalue weighted by molar-refractivity contribution is 8.02. The van der Waals surface area contributed by atoms with Gasteiger partial charge in [-0.25, -0.2) is 4.39 Å². The molecule has 1 saturated heterocycles. The van der Waals surface area contributed by atoms with E-state index >= 15 is 4.39 Å². The van der Waals surface area contributed by atoms with Crippen LogP contribution < -0.4 is 4.31 Å². The molecular formula is C33H35Cl2FN2O4S. The van der Waals surface area contributed by atoms with Crippen LogP contribution in [0.4, 0.5) is 10.1 Å². The average molecular weight is 646 g/mol. The van der Waals surface area contributed by atoms with Crippen LogP contribution in [-0.2, 0) is 14.3 Å². The number of para-hydroxylation sites is 1. The molecule has 43 heavy (non-hydrogen) atoms. The molecule has 1 amide bonds. The Balaban J connectivity index is 1.65. The van der Waals surface area contributed by atoms with Crippen molar-refractivity contribution in [3.63, 3.8) is 0 Å². The Bertz CT molecular complexity index is 1490. The van der Waals surface area contributed by atoms with E-state index in [0.29, 0.717) is 34.3 Å². The highest BCUT2D eigenvalue weighted by Crippen LogP contribution is 2.52. The number of carboxylic acid groups (broad SMARTS) is 1. The van der Waals surface area contributed by atoms with Crippen molar-refractivity contribution < 1.29 is 23.8 Å². The molecule has 4 atom stereocenters. The summed E-state index contributed by atoms with van der Waals surface area (Å²) in [7, 11) is 0. The monoisotopic (exact) mass is 644 g/mol. The fourth-order valence-corrected chi connectivity index (χ4v) is 7.28. The SMILES string of the molecule is CC[C@@H](CN(SC1(C)CC1)c1ccccc1F)N1C(=O)[C@](C)(CC(=O)O)O[C@H](c2cccc(Cl)c2)[C@H]1c1ccc(Cl)cc1. The van der Waals surface area contributed by atoms with Gasteiger partial charge >= 0.3 is 5.97 Å². The Labute approximate surface area is 266 Å². The molecule has 2 fully saturated rings. The van der Waals surface area contributed by atoms with Gasteiger partial charge in [0.05, 0.1) is 30.7 Å². The summed E-state index contributed by atoms with van der Waals surface area (Å²) in [5, 5.41) is 10.9. The maximum absolute atomic E-state index is 15.2. The van der Waals surface area contributed by atoms with E-state index in [0.717, 1.165) is 18.4 Å². The molecule has 0 radical (unpaired) electrons. The Hall–Kier alpha value is -2.78. The fraction of sp³-hybridized carbons (Fsp3) is 0.394. The lowest BCUT2D eigenvalue weighted by atomic mass is 9.85. The average Bonchev–Trinajstić information content (AvgIpc) is 3.69. The largest absolute Gasteiger partial charge is 0.481 e. The predicted molar refractivity (Wildman–Crippen MR) is 170 cm³/mol. The molecule has 2 aliphatic rings. The zero-order chi connectivity index (χ0) is 30.9. The molecule has 5 rings (SSSR count). The van der Waals surface area contributed by atoms with Gasteiger partial charge in [0, 0.05) is 14.8 Å². The lowest BCUT2D eigenvalue weighted by Gasteiger charge is -2.52. The molecule has 0 bridgehead atoms. The third-order valence-corrected chi connectivity index (χ3v) is 10.1. The first-order valence-electron chi connectivity index (χ1n) is 14.4. The molecule has 1 N–H and O–H groups in total. The summed E-state index contributed by atoms with van der Waals surface area (Å²) in [5.74, 6) is -1.93. The van der Waals surface area contributed by atoms with Gasteiger partial charge in [-0.2, -0.15) is 0 Å². The second-order valence-corrected chi connectivity index (χ2v) is 14.2. The number of anilines is 1. The van der Waals surface area contributed by atoms with Crippen LogP contribution in [-0.4, -0.2) is 44.8 Å². The van der Waals surface area contributed by atoms with E-state index in [1.165, 1.54) is 13.0 Å². The molecule has 1 aliphatic heterocycles. The lowest BCUT2D eigenvalue weighted by Crippen LogP contribution is -2.62. The minimum absolute atomic E-state index is 0.0215. The number of carbonyl (C=O) groups is 2. The summed E-state index contributed by atoms with van der Waals surface area (Å²) < 4.78 is 23.7. The summed E-state index contributed by atoms with van der Waals surface area (Å²) in [4.78, 5) is 28.4. The van der Waals surface area contributed by atoms with Crippen molar-refractivity contribution in [1.29, 1.82) is 0 Å². The minimum Gasteiger partial charge on any atom is -0.481 e. The zero-order valence-corrected chi connectivity index (χ0v) is 26.6. The number of benzene rings is 3. The van der Waals surface area contributed by atoms with Gasteiger partial charge < -0.3 is 19.0 Å². The van der Waals surface area contributed by atoms with Crippen LogP contribution in [0.2, 0.25) is 10.0 Å². The van der Waals surface area contributed by atoms with Gasteiger partial charge in [-0.15, -0.1) is 0 Å². The van der Waals surface area contributed by atoms with Crippen LogP contribution >= 0.6 is 35.1 Å². The minimum atomic E-state index is -1.66. The summed E-state index contributed by atoms with van der Waals surface area (Å²) in [6.07, 6.45) is 1.29. The number of amides is 1. The fourth-order valence-electron chi connectivity index (χ4n) is 5.65. The number of aliphatic carboxylic acids is 1. The Morgan fingerprint density at radius 2 is 1.77 bits per heavy atom. The first-order valence-corrected chi connectivity index (χ1v) is 15.9. The van der Waals surface area contributed by atoms with E-state index in [2.05, 4.69) is 6.92 Å². The van der Waals surface area contributed by atoms with Crippen molar-refractivity contribution in [1.82, 2.24) is 4.90 Å². The van der Waals surface area contributed by atoms with Gasteiger partial charge in [-0.3, -0.25) is 9.59 Å². The van der Waals surface area contributed by atoms with Gasteiger partial charge in [-0.05, 0) is 92.6 Å². The van der Waals surface area contributed by atoms with Crippen LogP contribution in [0.5, 0.6) is 0 Å². The summed E-state index contributed by atoms with van der Waals surface area (Å²) >= 11 is 14.3. The van der Waals surface area contributed by atoms with E-state index in [1.807, 2.05) is 29.4 Å². The van der Waals surface area contributed by atoms with Crippen LogP contribution in [0.25, 0.3) is 0 Å². The standard InChI is InChI=1S/C33H35Cl2FN2O4S/c1-4-25(20-37(43-32(2)16-17-32)27-11-6-5-10-26(27)36)38-29(21-12-14-23(34)15-13-21)30(22-8-7-9-24(35)18-22)42-33(3,31(38)41)19-28(39)40/h5-15,18,25,29-30H,4,16-17,19-20H2,1-3H3,(H,39,40)/t25-,29+,30+,33-/m0/s1. The third kappa shape index (κ3) is 6.98. The van der Waals surface area contributed by atoms with Gasteiger partial charge in [0.25, 0.3) is 5.91 Å². The highest BCUT2D eigenvalue weighted by Gasteiger charge is 2.54. The molecule has 1 aliphatic carbocycles. The first-order chi connectivity index (χ1) is 20.4. The molecule has 3 aromatic carbocycles. The summed E-state index contributed by atoms with van der Waals surface area (Å²) in [6, 6.07) is 20.0. The second kappa shape index (κ2) is 12.7. The third-order valence-electron chi connectivity index (χ3n) is 8.18. The topological polar surface area (TPSA) is 70.1 Å². The number of hydrogen-bond acceptors (Lipinski definition) is 5. The van der Waals surface area contributed by atoms with Crippen molar-refractivity contribution >= 4 is 52.7 Å².